The number of benzene rings is 1. The van der Waals surface area contributed by atoms with Crippen LogP contribution in [-0.4, -0.2) is 50.2 Å². The average molecular weight is 371 g/mol. The number of piperidine rings is 1. The van der Waals surface area contributed by atoms with Crippen LogP contribution in [0.4, 0.5) is 0 Å². The molecular formula is C19H31ClN2O3. The first-order valence-corrected chi connectivity index (χ1v) is 8.89. The second kappa shape index (κ2) is 10.5. The van der Waals surface area contributed by atoms with E-state index < -0.39 is 0 Å². The van der Waals surface area contributed by atoms with Crippen LogP contribution in [0.15, 0.2) is 18.2 Å². The number of nitrogens with zero attached hydrogens (tertiary/aromatic N) is 1. The zero-order valence-corrected chi connectivity index (χ0v) is 16.5. The Morgan fingerprint density at radius 3 is 2.52 bits per heavy atom. The molecule has 0 spiro atoms. The number of carbonyl (C=O) groups excluding carboxylic acids is 1. The summed E-state index contributed by atoms with van der Waals surface area (Å²) in [6, 6.07) is 5.43. The highest BCUT2D eigenvalue weighted by molar-refractivity contribution is 5.95. The van der Waals surface area contributed by atoms with Gasteiger partial charge in [0.05, 0.1) is 13.2 Å². The molecule has 6 heteroatoms. The Balaban J connectivity index is 0.00000312. The van der Waals surface area contributed by atoms with E-state index in [1.165, 1.54) is 0 Å². The van der Waals surface area contributed by atoms with Crippen molar-refractivity contribution < 1.29 is 14.3 Å². The third kappa shape index (κ3) is 6.08. The summed E-state index contributed by atoms with van der Waals surface area (Å²) in [7, 11) is 1.60. The van der Waals surface area contributed by atoms with Crippen molar-refractivity contribution >= 4 is 18.3 Å². The van der Waals surface area contributed by atoms with Crippen molar-refractivity contribution in [2.45, 2.75) is 39.7 Å². The van der Waals surface area contributed by atoms with E-state index in [1.54, 1.807) is 13.2 Å². The summed E-state index contributed by atoms with van der Waals surface area (Å²) >= 11 is 0. The van der Waals surface area contributed by atoms with Gasteiger partial charge in [0, 0.05) is 18.7 Å². The number of ether oxygens (including phenoxy) is 2. The van der Waals surface area contributed by atoms with E-state index in [1.807, 2.05) is 30.9 Å². The maximum atomic E-state index is 12.7. The third-order valence-electron chi connectivity index (χ3n) is 4.36. The molecule has 1 heterocycles. The molecule has 142 valence electrons. The Bertz CT molecular complexity index is 543. The number of methoxy groups -OCH3 is 1. The fourth-order valence-electron chi connectivity index (χ4n) is 3.02. The molecule has 0 radical (unpaired) electrons. The van der Waals surface area contributed by atoms with Gasteiger partial charge in [-0.1, -0.05) is 6.92 Å². The van der Waals surface area contributed by atoms with Crippen LogP contribution in [0.2, 0.25) is 0 Å². The molecule has 1 saturated heterocycles. The van der Waals surface area contributed by atoms with Crippen LogP contribution in [-0.2, 0) is 0 Å². The van der Waals surface area contributed by atoms with Gasteiger partial charge in [-0.3, -0.25) is 4.79 Å². The molecule has 1 aromatic rings. The average Bonchev–Trinajstić information content (AvgIpc) is 2.59. The van der Waals surface area contributed by atoms with Gasteiger partial charge in [-0.25, -0.2) is 0 Å². The highest BCUT2D eigenvalue weighted by Gasteiger charge is 2.24. The molecule has 5 nitrogen and oxygen atoms in total. The fraction of sp³-hybridized carbons (Fsp3) is 0.632. The topological polar surface area (TPSA) is 50.8 Å². The summed E-state index contributed by atoms with van der Waals surface area (Å²) in [5.74, 6) is 2.03. The molecule has 2 rings (SSSR count). The first kappa shape index (κ1) is 21.6. The first-order valence-electron chi connectivity index (χ1n) is 8.89. The number of rotatable bonds is 7. The zero-order valence-electron chi connectivity index (χ0n) is 15.7. The molecule has 1 aliphatic rings. The van der Waals surface area contributed by atoms with Gasteiger partial charge in [-0.05, 0) is 63.9 Å². The van der Waals surface area contributed by atoms with Crippen LogP contribution >= 0.6 is 12.4 Å². The van der Waals surface area contributed by atoms with E-state index in [9.17, 15) is 4.79 Å². The second-order valence-corrected chi connectivity index (χ2v) is 6.58. The van der Waals surface area contributed by atoms with Crippen molar-refractivity contribution in [3.05, 3.63) is 23.8 Å². The minimum Gasteiger partial charge on any atom is -0.493 e. The standard InChI is InChI=1S/C19H30N2O3.ClH/c1-5-20-13-15-8-10-21(11-9-15)19(22)16-6-7-17(24-14(2)3)18(12-16)23-4;/h6-7,12,14-15,20H,5,8-11,13H2,1-4H3;1H. The van der Waals surface area contributed by atoms with Crippen molar-refractivity contribution in [1.29, 1.82) is 0 Å². The van der Waals surface area contributed by atoms with Gasteiger partial charge < -0.3 is 19.7 Å². The molecule has 25 heavy (non-hydrogen) atoms. The molecule has 0 atom stereocenters. The predicted octanol–water partition coefficient (Wildman–Crippen LogP) is 3.37. The second-order valence-electron chi connectivity index (χ2n) is 6.58. The van der Waals surface area contributed by atoms with E-state index >= 15 is 0 Å². The SMILES string of the molecule is CCNCC1CCN(C(=O)c2ccc(OC(C)C)c(OC)c2)CC1.Cl. The molecule has 1 aliphatic heterocycles. The smallest absolute Gasteiger partial charge is 0.253 e. The number of nitrogens with one attached hydrogen (secondary N) is 1. The Morgan fingerprint density at radius 1 is 1.28 bits per heavy atom. The Labute approximate surface area is 157 Å². The van der Waals surface area contributed by atoms with E-state index in [0.29, 0.717) is 23.0 Å². The lowest BCUT2D eigenvalue weighted by atomic mass is 9.96. The molecule has 0 aromatic heterocycles. The molecule has 1 amide bonds. The van der Waals surface area contributed by atoms with Gasteiger partial charge in [0.1, 0.15) is 0 Å². The summed E-state index contributed by atoms with van der Waals surface area (Å²) < 4.78 is 11.1. The number of halogens is 1. The van der Waals surface area contributed by atoms with Gasteiger partial charge >= 0.3 is 0 Å². The number of carbonyl (C=O) groups is 1. The lowest BCUT2D eigenvalue weighted by Gasteiger charge is -2.32. The Hall–Kier alpha value is -1.46. The summed E-state index contributed by atoms with van der Waals surface area (Å²) in [6.45, 7) is 9.76. The molecular weight excluding hydrogens is 340 g/mol. The van der Waals surface area contributed by atoms with Crippen molar-refractivity contribution in [1.82, 2.24) is 10.2 Å². The fourth-order valence-corrected chi connectivity index (χ4v) is 3.02. The zero-order chi connectivity index (χ0) is 17.5. The van der Waals surface area contributed by atoms with Gasteiger partial charge in [-0.2, -0.15) is 0 Å². The molecule has 1 fully saturated rings. The number of likely N-dealkylation sites (tertiary alicyclic amines) is 1. The summed E-state index contributed by atoms with van der Waals surface area (Å²) in [5, 5.41) is 3.40. The number of hydrogen-bond donors (Lipinski definition) is 1. The Kier molecular flexibility index (Phi) is 9.08. The van der Waals surface area contributed by atoms with Crippen LogP contribution in [0.1, 0.15) is 44.0 Å². The van der Waals surface area contributed by atoms with E-state index in [0.717, 1.165) is 39.0 Å². The maximum absolute atomic E-state index is 12.7. The van der Waals surface area contributed by atoms with Gasteiger partial charge in [0.2, 0.25) is 0 Å². The molecule has 0 aliphatic carbocycles. The molecule has 0 unspecified atom stereocenters. The quantitative estimate of drug-likeness (QED) is 0.799. The molecule has 0 bridgehead atoms. The van der Waals surface area contributed by atoms with Gasteiger partial charge in [-0.15, -0.1) is 12.4 Å². The lowest BCUT2D eigenvalue weighted by Crippen LogP contribution is -2.40. The minimum atomic E-state index is 0. The van der Waals surface area contributed by atoms with E-state index in [-0.39, 0.29) is 24.4 Å². The van der Waals surface area contributed by atoms with Crippen LogP contribution in [0.25, 0.3) is 0 Å². The lowest BCUT2D eigenvalue weighted by molar-refractivity contribution is 0.0690. The van der Waals surface area contributed by atoms with Crippen molar-refractivity contribution in [2.75, 3.05) is 33.3 Å². The number of amides is 1. The molecule has 1 N–H and O–H groups in total. The third-order valence-corrected chi connectivity index (χ3v) is 4.36. The summed E-state index contributed by atoms with van der Waals surface area (Å²) in [6.07, 6.45) is 2.19. The summed E-state index contributed by atoms with van der Waals surface area (Å²) in [4.78, 5) is 14.7. The van der Waals surface area contributed by atoms with Crippen molar-refractivity contribution in [2.24, 2.45) is 5.92 Å². The normalized spacial score (nSPS) is 15.0. The maximum Gasteiger partial charge on any atom is 0.253 e. The van der Waals surface area contributed by atoms with Crippen molar-refractivity contribution in [3.8, 4) is 11.5 Å². The van der Waals surface area contributed by atoms with E-state index in [4.69, 9.17) is 9.47 Å². The first-order chi connectivity index (χ1) is 11.5. The van der Waals surface area contributed by atoms with Crippen LogP contribution < -0.4 is 14.8 Å². The largest absolute Gasteiger partial charge is 0.493 e. The predicted molar refractivity (Wildman–Crippen MR) is 103 cm³/mol. The Morgan fingerprint density at radius 2 is 1.96 bits per heavy atom. The minimum absolute atomic E-state index is 0. The molecule has 0 saturated carbocycles. The van der Waals surface area contributed by atoms with Crippen LogP contribution in [0, 0.1) is 5.92 Å². The molecule has 1 aromatic carbocycles. The van der Waals surface area contributed by atoms with Crippen molar-refractivity contribution in [3.63, 3.8) is 0 Å². The van der Waals surface area contributed by atoms with Crippen LogP contribution in [0.3, 0.4) is 0 Å². The van der Waals surface area contributed by atoms with Gasteiger partial charge in [0.15, 0.2) is 11.5 Å². The number of hydrogen-bond acceptors (Lipinski definition) is 4. The highest BCUT2D eigenvalue weighted by atomic mass is 35.5. The summed E-state index contributed by atoms with van der Waals surface area (Å²) in [5.41, 5.74) is 0.660. The van der Waals surface area contributed by atoms with Gasteiger partial charge in [0.25, 0.3) is 5.91 Å². The highest BCUT2D eigenvalue weighted by Crippen LogP contribution is 2.30. The van der Waals surface area contributed by atoms with Crippen LogP contribution in [0.5, 0.6) is 11.5 Å². The monoisotopic (exact) mass is 370 g/mol. The van der Waals surface area contributed by atoms with E-state index in [2.05, 4.69) is 12.2 Å².